The number of halogens is 1. The third-order valence-electron chi connectivity index (χ3n) is 3.49. The number of urea groups is 1. The number of hydrogen-bond acceptors (Lipinski definition) is 4. The molecule has 22 heavy (non-hydrogen) atoms. The highest BCUT2D eigenvalue weighted by Gasteiger charge is 2.30. The Morgan fingerprint density at radius 3 is 2.91 bits per heavy atom. The minimum absolute atomic E-state index is 0.0162. The van der Waals surface area contributed by atoms with E-state index in [1.165, 1.54) is 0 Å². The molecular formula is C15H16BrN3O2S. The molecular weight excluding hydrogens is 366 g/mol. The van der Waals surface area contributed by atoms with Crippen molar-refractivity contribution in [2.24, 2.45) is 0 Å². The zero-order valence-electron chi connectivity index (χ0n) is 11.8. The molecule has 1 aliphatic rings. The van der Waals surface area contributed by atoms with Gasteiger partial charge in [-0.1, -0.05) is 0 Å². The van der Waals surface area contributed by atoms with Crippen LogP contribution in [0.5, 0.6) is 0 Å². The quantitative estimate of drug-likeness (QED) is 0.854. The van der Waals surface area contributed by atoms with Crippen molar-refractivity contribution >= 4 is 33.3 Å². The molecule has 7 heteroatoms. The SMILES string of the molecule is O=C(NCc1ccc(Br)s1)N[C@@H]1CCO[C@H]1c1ccncc1. The Bertz CT molecular complexity index is 635. The lowest BCUT2D eigenvalue weighted by atomic mass is 10.0. The van der Waals surface area contributed by atoms with Crippen LogP contribution in [0.1, 0.15) is 23.0 Å². The van der Waals surface area contributed by atoms with Crippen molar-refractivity contribution in [3.05, 3.63) is 50.9 Å². The van der Waals surface area contributed by atoms with Crippen LogP contribution < -0.4 is 10.6 Å². The molecule has 2 N–H and O–H groups in total. The summed E-state index contributed by atoms with van der Waals surface area (Å²) >= 11 is 5.02. The second-order valence-electron chi connectivity index (χ2n) is 5.00. The number of carbonyl (C=O) groups is 1. The number of amides is 2. The minimum atomic E-state index is -0.168. The normalized spacial score (nSPS) is 20.8. The van der Waals surface area contributed by atoms with E-state index in [4.69, 9.17) is 4.74 Å². The van der Waals surface area contributed by atoms with Gasteiger partial charge in [0.2, 0.25) is 0 Å². The van der Waals surface area contributed by atoms with Gasteiger partial charge in [0, 0.05) is 23.9 Å². The van der Waals surface area contributed by atoms with Gasteiger partial charge in [-0.25, -0.2) is 4.79 Å². The zero-order chi connectivity index (χ0) is 15.4. The number of hydrogen-bond donors (Lipinski definition) is 2. The average molecular weight is 382 g/mol. The van der Waals surface area contributed by atoms with Crippen LogP contribution in [0.3, 0.4) is 0 Å². The molecule has 2 atom stereocenters. The van der Waals surface area contributed by atoms with Crippen LogP contribution in [-0.2, 0) is 11.3 Å². The van der Waals surface area contributed by atoms with Gasteiger partial charge in [0.1, 0.15) is 6.10 Å². The Morgan fingerprint density at radius 1 is 1.36 bits per heavy atom. The smallest absolute Gasteiger partial charge is 0.315 e. The lowest BCUT2D eigenvalue weighted by Gasteiger charge is -2.20. The van der Waals surface area contributed by atoms with E-state index in [1.54, 1.807) is 23.7 Å². The lowest BCUT2D eigenvalue weighted by Crippen LogP contribution is -2.42. The summed E-state index contributed by atoms with van der Waals surface area (Å²) in [4.78, 5) is 17.2. The summed E-state index contributed by atoms with van der Waals surface area (Å²) < 4.78 is 6.81. The van der Waals surface area contributed by atoms with E-state index < -0.39 is 0 Å². The first kappa shape index (κ1) is 15.5. The Morgan fingerprint density at radius 2 is 2.18 bits per heavy atom. The first-order chi connectivity index (χ1) is 10.7. The fraction of sp³-hybridized carbons (Fsp3) is 0.333. The maximum atomic E-state index is 12.1. The van der Waals surface area contributed by atoms with Crippen LogP contribution in [0.2, 0.25) is 0 Å². The predicted octanol–water partition coefficient (Wildman–Crippen LogP) is 3.24. The highest BCUT2D eigenvalue weighted by atomic mass is 79.9. The number of aromatic nitrogens is 1. The monoisotopic (exact) mass is 381 g/mol. The molecule has 0 radical (unpaired) electrons. The molecule has 1 aliphatic heterocycles. The summed E-state index contributed by atoms with van der Waals surface area (Å²) in [7, 11) is 0. The van der Waals surface area contributed by atoms with Gasteiger partial charge in [0.25, 0.3) is 0 Å². The van der Waals surface area contributed by atoms with Crippen LogP contribution in [0, 0.1) is 0 Å². The summed E-state index contributed by atoms with van der Waals surface area (Å²) in [6, 6.07) is 7.63. The number of carbonyl (C=O) groups excluding carboxylic acids is 1. The fourth-order valence-electron chi connectivity index (χ4n) is 2.45. The standard InChI is InChI=1S/C15H16BrN3O2S/c16-13-2-1-11(22-13)9-18-15(20)19-12-5-8-21-14(12)10-3-6-17-7-4-10/h1-4,6-7,12,14H,5,8-9H2,(H2,18,19,20)/t12-,14+/m1/s1. The summed E-state index contributed by atoms with van der Waals surface area (Å²) in [5.41, 5.74) is 1.04. The lowest BCUT2D eigenvalue weighted by molar-refractivity contribution is 0.0998. The molecule has 116 valence electrons. The van der Waals surface area contributed by atoms with Crippen LogP contribution in [0.15, 0.2) is 40.4 Å². The first-order valence-corrected chi connectivity index (χ1v) is 8.63. The zero-order valence-corrected chi connectivity index (χ0v) is 14.2. The van der Waals surface area contributed by atoms with Crippen molar-refractivity contribution in [2.45, 2.75) is 25.1 Å². The van der Waals surface area contributed by atoms with Gasteiger partial charge >= 0.3 is 6.03 Å². The number of nitrogens with zero attached hydrogens (tertiary/aromatic N) is 1. The van der Waals surface area contributed by atoms with Crippen molar-refractivity contribution in [3.8, 4) is 0 Å². The molecule has 5 nitrogen and oxygen atoms in total. The molecule has 0 unspecified atom stereocenters. The Hall–Kier alpha value is -1.44. The highest BCUT2D eigenvalue weighted by molar-refractivity contribution is 9.11. The predicted molar refractivity (Wildman–Crippen MR) is 88.7 cm³/mol. The van der Waals surface area contributed by atoms with E-state index in [0.717, 1.165) is 20.6 Å². The fourth-order valence-corrected chi connectivity index (χ4v) is 3.88. The molecule has 1 fully saturated rings. The van der Waals surface area contributed by atoms with Crippen molar-refractivity contribution in [1.82, 2.24) is 15.6 Å². The Balaban J connectivity index is 1.54. The van der Waals surface area contributed by atoms with Crippen LogP contribution >= 0.6 is 27.3 Å². The molecule has 1 saturated heterocycles. The molecule has 2 amide bonds. The highest BCUT2D eigenvalue weighted by Crippen LogP contribution is 2.28. The van der Waals surface area contributed by atoms with E-state index in [-0.39, 0.29) is 18.2 Å². The molecule has 2 aromatic heterocycles. The second kappa shape index (κ2) is 7.21. The topological polar surface area (TPSA) is 63.2 Å². The summed E-state index contributed by atoms with van der Waals surface area (Å²) in [5, 5.41) is 5.88. The Labute approximate surface area is 141 Å². The summed E-state index contributed by atoms with van der Waals surface area (Å²) in [5.74, 6) is 0. The maximum absolute atomic E-state index is 12.1. The molecule has 0 aliphatic carbocycles. The average Bonchev–Trinajstić information content (AvgIpc) is 3.15. The van der Waals surface area contributed by atoms with Gasteiger partial charge < -0.3 is 15.4 Å². The van der Waals surface area contributed by atoms with E-state index in [0.29, 0.717) is 13.2 Å². The third-order valence-corrected chi connectivity index (χ3v) is 5.12. The maximum Gasteiger partial charge on any atom is 0.315 e. The number of pyridine rings is 1. The van der Waals surface area contributed by atoms with Crippen molar-refractivity contribution in [1.29, 1.82) is 0 Å². The van der Waals surface area contributed by atoms with E-state index >= 15 is 0 Å². The Kier molecular flexibility index (Phi) is 5.07. The van der Waals surface area contributed by atoms with E-state index in [1.807, 2.05) is 24.3 Å². The summed E-state index contributed by atoms with van der Waals surface area (Å²) in [6.07, 6.45) is 4.18. The van der Waals surface area contributed by atoms with Gasteiger partial charge in [-0.15, -0.1) is 11.3 Å². The molecule has 0 aromatic carbocycles. The molecule has 3 heterocycles. The molecule has 0 bridgehead atoms. The number of thiophene rings is 1. The minimum Gasteiger partial charge on any atom is -0.371 e. The third kappa shape index (κ3) is 3.85. The van der Waals surface area contributed by atoms with Gasteiger partial charge in [-0.05, 0) is 52.2 Å². The van der Waals surface area contributed by atoms with Crippen LogP contribution in [-0.4, -0.2) is 23.7 Å². The first-order valence-electron chi connectivity index (χ1n) is 7.02. The van der Waals surface area contributed by atoms with Gasteiger partial charge in [0.15, 0.2) is 0 Å². The largest absolute Gasteiger partial charge is 0.371 e. The number of rotatable bonds is 4. The second-order valence-corrected chi connectivity index (χ2v) is 7.55. The molecule has 0 saturated carbocycles. The molecule has 2 aromatic rings. The van der Waals surface area contributed by atoms with Crippen molar-refractivity contribution < 1.29 is 9.53 Å². The van der Waals surface area contributed by atoms with E-state index in [9.17, 15) is 4.79 Å². The molecule has 0 spiro atoms. The van der Waals surface area contributed by atoms with E-state index in [2.05, 4.69) is 31.5 Å². The van der Waals surface area contributed by atoms with Crippen molar-refractivity contribution in [3.63, 3.8) is 0 Å². The van der Waals surface area contributed by atoms with Gasteiger partial charge in [-0.2, -0.15) is 0 Å². The van der Waals surface area contributed by atoms with Crippen LogP contribution in [0.25, 0.3) is 0 Å². The number of ether oxygens (including phenoxy) is 1. The molecule has 3 rings (SSSR count). The van der Waals surface area contributed by atoms with Crippen LogP contribution in [0.4, 0.5) is 4.79 Å². The van der Waals surface area contributed by atoms with Gasteiger partial charge in [-0.3, -0.25) is 4.98 Å². The van der Waals surface area contributed by atoms with Gasteiger partial charge in [0.05, 0.1) is 16.4 Å². The number of nitrogens with one attached hydrogen (secondary N) is 2. The summed E-state index contributed by atoms with van der Waals surface area (Å²) in [6.45, 7) is 1.17. The van der Waals surface area contributed by atoms with Crippen molar-refractivity contribution in [2.75, 3.05) is 6.61 Å².